The molecule has 0 aromatic heterocycles. The van der Waals surface area contributed by atoms with E-state index in [-0.39, 0.29) is 10.9 Å². The minimum Gasteiger partial charge on any atom is -0.309 e. The molecule has 108 valence electrons. The van der Waals surface area contributed by atoms with Crippen molar-refractivity contribution in [2.24, 2.45) is 0 Å². The van der Waals surface area contributed by atoms with Gasteiger partial charge < -0.3 is 4.90 Å². The zero-order chi connectivity index (χ0) is 14.9. The van der Waals surface area contributed by atoms with E-state index in [0.29, 0.717) is 24.9 Å². The molecule has 1 saturated heterocycles. The van der Waals surface area contributed by atoms with Crippen LogP contribution < -0.4 is 4.72 Å². The zero-order valence-corrected chi connectivity index (χ0v) is 12.2. The molecule has 1 fully saturated rings. The van der Waals surface area contributed by atoms with E-state index in [1.165, 1.54) is 0 Å². The average Bonchev–Trinajstić information content (AvgIpc) is 2.93. The van der Waals surface area contributed by atoms with E-state index in [0.717, 1.165) is 5.39 Å². The second-order valence-electron chi connectivity index (χ2n) is 5.13. The van der Waals surface area contributed by atoms with Gasteiger partial charge in [-0.1, -0.05) is 36.4 Å². The van der Waals surface area contributed by atoms with Gasteiger partial charge in [-0.3, -0.25) is 0 Å². The predicted octanol–water partition coefficient (Wildman–Crippen LogP) is 1.67. The minimum atomic E-state index is -3.59. The number of nitrogens with zero attached hydrogens (tertiary/aromatic N) is 2. The first-order chi connectivity index (χ1) is 10.1. The molecule has 1 atom stereocenters. The van der Waals surface area contributed by atoms with E-state index in [2.05, 4.69) is 4.72 Å². The summed E-state index contributed by atoms with van der Waals surface area (Å²) < 4.78 is 27.9. The van der Waals surface area contributed by atoms with E-state index in [1.54, 1.807) is 23.1 Å². The van der Waals surface area contributed by atoms with E-state index in [4.69, 9.17) is 5.26 Å². The summed E-state index contributed by atoms with van der Waals surface area (Å²) >= 11 is 0. The number of rotatable bonds is 3. The zero-order valence-electron chi connectivity index (χ0n) is 11.4. The van der Waals surface area contributed by atoms with Gasteiger partial charge >= 0.3 is 0 Å². The molecule has 5 nitrogen and oxygen atoms in total. The molecule has 2 aromatic carbocycles. The summed E-state index contributed by atoms with van der Waals surface area (Å²) in [7, 11) is -3.59. The number of likely N-dealkylation sites (tertiary alicyclic amines) is 1. The predicted molar refractivity (Wildman–Crippen MR) is 79.9 cm³/mol. The highest BCUT2D eigenvalue weighted by molar-refractivity contribution is 7.89. The highest BCUT2D eigenvalue weighted by atomic mass is 32.2. The third-order valence-corrected chi connectivity index (χ3v) is 5.27. The summed E-state index contributed by atoms with van der Waals surface area (Å²) in [6, 6.07) is 12.4. The molecule has 6 heteroatoms. The fourth-order valence-corrected chi connectivity index (χ4v) is 4.15. The van der Waals surface area contributed by atoms with Crippen LogP contribution in [0.3, 0.4) is 0 Å². The van der Waals surface area contributed by atoms with E-state index >= 15 is 0 Å². The average molecular weight is 301 g/mol. The lowest BCUT2D eigenvalue weighted by Gasteiger charge is -2.14. The van der Waals surface area contributed by atoms with Crippen molar-refractivity contribution in [3.8, 4) is 6.19 Å². The Balaban J connectivity index is 1.93. The van der Waals surface area contributed by atoms with Crippen molar-refractivity contribution in [2.75, 3.05) is 13.1 Å². The van der Waals surface area contributed by atoms with E-state index < -0.39 is 10.0 Å². The van der Waals surface area contributed by atoms with Crippen molar-refractivity contribution in [1.82, 2.24) is 9.62 Å². The van der Waals surface area contributed by atoms with Crippen LogP contribution in [0.15, 0.2) is 47.4 Å². The molecule has 0 spiro atoms. The largest absolute Gasteiger partial charge is 0.309 e. The second kappa shape index (κ2) is 5.35. The molecule has 0 radical (unpaired) electrons. The smallest absolute Gasteiger partial charge is 0.241 e. The summed E-state index contributed by atoms with van der Waals surface area (Å²) in [5.74, 6) is 0. The van der Waals surface area contributed by atoms with Crippen molar-refractivity contribution in [1.29, 1.82) is 5.26 Å². The lowest BCUT2D eigenvalue weighted by atomic mass is 10.1. The summed E-state index contributed by atoms with van der Waals surface area (Å²) in [4.78, 5) is 1.85. The Kier molecular flexibility index (Phi) is 3.53. The lowest BCUT2D eigenvalue weighted by Crippen LogP contribution is -2.36. The van der Waals surface area contributed by atoms with Gasteiger partial charge in [-0.2, -0.15) is 5.26 Å². The molecule has 0 amide bonds. The Morgan fingerprint density at radius 1 is 1.19 bits per heavy atom. The van der Waals surface area contributed by atoms with Gasteiger partial charge in [0.1, 0.15) is 0 Å². The van der Waals surface area contributed by atoms with Gasteiger partial charge in [0.25, 0.3) is 0 Å². The third-order valence-electron chi connectivity index (χ3n) is 3.69. The summed E-state index contributed by atoms with van der Waals surface area (Å²) in [6.07, 6.45) is 2.70. The van der Waals surface area contributed by atoms with Crippen molar-refractivity contribution >= 4 is 20.8 Å². The maximum Gasteiger partial charge on any atom is 0.241 e. The van der Waals surface area contributed by atoms with Crippen LogP contribution in [0, 0.1) is 11.5 Å². The van der Waals surface area contributed by atoms with Crippen molar-refractivity contribution in [3.05, 3.63) is 42.5 Å². The van der Waals surface area contributed by atoms with E-state index in [9.17, 15) is 8.42 Å². The molecule has 3 rings (SSSR count). The molecule has 0 saturated carbocycles. The van der Waals surface area contributed by atoms with E-state index in [1.807, 2.05) is 30.5 Å². The Morgan fingerprint density at radius 2 is 1.95 bits per heavy atom. The van der Waals surface area contributed by atoms with Crippen LogP contribution in [-0.2, 0) is 10.0 Å². The molecule has 1 N–H and O–H groups in total. The first-order valence-electron chi connectivity index (χ1n) is 6.75. The van der Waals surface area contributed by atoms with Crippen LogP contribution in [0.1, 0.15) is 6.42 Å². The Labute approximate surface area is 123 Å². The van der Waals surface area contributed by atoms with Gasteiger partial charge in [0, 0.05) is 24.5 Å². The van der Waals surface area contributed by atoms with Gasteiger partial charge in [-0.25, -0.2) is 13.1 Å². The number of hydrogen-bond donors (Lipinski definition) is 1. The fraction of sp³-hybridized carbons (Fsp3) is 0.267. The summed E-state index contributed by atoms with van der Waals surface area (Å²) in [5, 5.41) is 10.4. The highest BCUT2D eigenvalue weighted by Crippen LogP contribution is 2.23. The molecule has 1 aliphatic heterocycles. The third kappa shape index (κ3) is 2.71. The normalized spacial score (nSPS) is 18.8. The van der Waals surface area contributed by atoms with Gasteiger partial charge in [0.05, 0.1) is 4.90 Å². The molecular weight excluding hydrogens is 286 g/mol. The maximum absolute atomic E-state index is 12.6. The van der Waals surface area contributed by atoms with Crippen LogP contribution >= 0.6 is 0 Å². The Morgan fingerprint density at radius 3 is 2.71 bits per heavy atom. The molecule has 2 aromatic rings. The van der Waals surface area contributed by atoms with Gasteiger partial charge in [0.15, 0.2) is 6.19 Å². The Hall–Kier alpha value is -2.10. The molecule has 21 heavy (non-hydrogen) atoms. The molecule has 0 bridgehead atoms. The monoisotopic (exact) mass is 301 g/mol. The van der Waals surface area contributed by atoms with Crippen LogP contribution in [0.4, 0.5) is 0 Å². The first-order valence-corrected chi connectivity index (χ1v) is 8.23. The summed E-state index contributed by atoms with van der Waals surface area (Å²) in [6.45, 7) is 1.03. The number of nitriles is 1. The minimum absolute atomic E-state index is 0.214. The number of hydrogen-bond acceptors (Lipinski definition) is 4. The van der Waals surface area contributed by atoms with Crippen LogP contribution in [-0.4, -0.2) is 32.4 Å². The van der Waals surface area contributed by atoms with Gasteiger partial charge in [-0.05, 0) is 17.9 Å². The number of benzene rings is 2. The Bertz CT molecular complexity index is 806. The summed E-state index contributed by atoms with van der Waals surface area (Å²) in [5.41, 5.74) is 0. The molecule has 1 aliphatic rings. The lowest BCUT2D eigenvalue weighted by molar-refractivity contribution is 0.470. The number of sulfonamides is 1. The van der Waals surface area contributed by atoms with Crippen LogP contribution in [0.5, 0.6) is 0 Å². The van der Waals surface area contributed by atoms with Crippen molar-refractivity contribution in [3.63, 3.8) is 0 Å². The SMILES string of the molecule is N#CN1CC[C@@H](NS(=O)(=O)c2cccc3ccccc23)C1. The maximum atomic E-state index is 12.6. The first kappa shape index (κ1) is 13.9. The van der Waals surface area contributed by atoms with Crippen molar-refractivity contribution < 1.29 is 8.42 Å². The quantitative estimate of drug-likeness (QED) is 0.875. The number of fused-ring (bicyclic) bond motifs is 1. The van der Waals surface area contributed by atoms with Gasteiger partial charge in [0.2, 0.25) is 10.0 Å². The van der Waals surface area contributed by atoms with Crippen LogP contribution in [0.25, 0.3) is 10.8 Å². The fourth-order valence-electron chi connectivity index (χ4n) is 2.66. The molecule has 0 unspecified atom stereocenters. The van der Waals surface area contributed by atoms with Crippen molar-refractivity contribution in [2.45, 2.75) is 17.4 Å². The molecule has 1 heterocycles. The highest BCUT2D eigenvalue weighted by Gasteiger charge is 2.27. The topological polar surface area (TPSA) is 73.2 Å². The molecular formula is C15H15N3O2S. The second-order valence-corrected chi connectivity index (χ2v) is 6.81. The standard InChI is InChI=1S/C15H15N3O2S/c16-11-18-9-8-13(10-18)17-21(19,20)15-7-3-5-12-4-1-2-6-14(12)15/h1-7,13,17H,8-10H2/t13-/m1/s1. The van der Waals surface area contributed by atoms with Crippen LogP contribution in [0.2, 0.25) is 0 Å². The van der Waals surface area contributed by atoms with Gasteiger partial charge in [-0.15, -0.1) is 0 Å². The number of nitrogens with one attached hydrogen (secondary N) is 1. The molecule has 0 aliphatic carbocycles.